The Kier molecular flexibility index (Phi) is 2.61. The summed E-state index contributed by atoms with van der Waals surface area (Å²) in [6.45, 7) is 2.21. The zero-order valence-corrected chi connectivity index (χ0v) is 12.2. The van der Waals surface area contributed by atoms with E-state index < -0.39 is 0 Å². The Morgan fingerprint density at radius 2 is 2.15 bits per heavy atom. The molecule has 20 heavy (non-hydrogen) atoms. The van der Waals surface area contributed by atoms with Crippen LogP contribution in [-0.4, -0.2) is 31.7 Å². The summed E-state index contributed by atoms with van der Waals surface area (Å²) >= 11 is 0. The van der Waals surface area contributed by atoms with Gasteiger partial charge in [-0.05, 0) is 30.9 Å². The van der Waals surface area contributed by atoms with Gasteiger partial charge in [0.05, 0.1) is 14.2 Å². The van der Waals surface area contributed by atoms with E-state index in [-0.39, 0.29) is 5.41 Å². The van der Waals surface area contributed by atoms with Crippen molar-refractivity contribution in [3.8, 4) is 11.5 Å². The van der Waals surface area contributed by atoms with Gasteiger partial charge in [0.25, 0.3) is 0 Å². The summed E-state index contributed by atoms with van der Waals surface area (Å²) in [7, 11) is 3.49. The van der Waals surface area contributed by atoms with Crippen molar-refractivity contribution < 1.29 is 9.47 Å². The molecule has 0 spiro atoms. The zero-order valence-electron chi connectivity index (χ0n) is 12.2. The lowest BCUT2D eigenvalue weighted by Crippen LogP contribution is -2.47. The van der Waals surface area contributed by atoms with E-state index >= 15 is 0 Å². The number of methoxy groups -OCH3 is 2. The number of nitrogens with zero attached hydrogens (tertiary/aromatic N) is 1. The summed E-state index contributed by atoms with van der Waals surface area (Å²) < 4.78 is 11.1. The lowest BCUT2D eigenvalue weighted by atomic mass is 9.67. The average molecular weight is 271 g/mol. The lowest BCUT2D eigenvalue weighted by Gasteiger charge is -2.44. The van der Waals surface area contributed by atoms with Crippen LogP contribution in [0.25, 0.3) is 0 Å². The Morgan fingerprint density at radius 3 is 2.95 bits per heavy atom. The van der Waals surface area contributed by atoms with Crippen LogP contribution in [-0.2, 0) is 12.0 Å². The Labute approximate surface area is 120 Å². The van der Waals surface area contributed by atoms with Crippen molar-refractivity contribution >= 4 is 0 Å². The van der Waals surface area contributed by atoms with Crippen molar-refractivity contribution in [2.75, 3.05) is 20.8 Å². The van der Waals surface area contributed by atoms with E-state index in [1.807, 2.05) is 6.07 Å². The first-order valence-electron chi connectivity index (χ1n) is 7.45. The minimum atomic E-state index is 0.188. The molecule has 0 aromatic heterocycles. The van der Waals surface area contributed by atoms with Crippen LogP contribution in [0.2, 0.25) is 0 Å². The summed E-state index contributed by atoms with van der Waals surface area (Å²) in [4.78, 5) is 2.64. The Balaban J connectivity index is 1.96. The van der Waals surface area contributed by atoms with E-state index in [4.69, 9.17) is 9.47 Å². The first-order chi connectivity index (χ1) is 9.78. The highest BCUT2D eigenvalue weighted by molar-refractivity contribution is 5.55. The molecule has 1 aliphatic carbocycles. The summed E-state index contributed by atoms with van der Waals surface area (Å²) in [6, 6.07) is 4.92. The minimum Gasteiger partial charge on any atom is -0.497 e. The summed E-state index contributed by atoms with van der Waals surface area (Å²) in [5, 5.41) is 0. The van der Waals surface area contributed by atoms with Crippen molar-refractivity contribution in [3.63, 3.8) is 0 Å². The van der Waals surface area contributed by atoms with Crippen LogP contribution < -0.4 is 9.47 Å². The molecule has 1 fully saturated rings. The van der Waals surface area contributed by atoms with Gasteiger partial charge in [-0.2, -0.15) is 0 Å². The van der Waals surface area contributed by atoms with Crippen LogP contribution >= 0.6 is 0 Å². The summed E-state index contributed by atoms with van der Waals surface area (Å²) in [6.07, 6.45) is 8.52. The summed E-state index contributed by atoms with van der Waals surface area (Å²) in [5.41, 5.74) is 2.98. The minimum absolute atomic E-state index is 0.188. The number of benzene rings is 1. The van der Waals surface area contributed by atoms with Gasteiger partial charge in [0, 0.05) is 36.2 Å². The SMILES string of the molecule is COc1cc(OC)c2c(c1)[C@]13C=CCC[C@H]1N(CC3)C2. The molecule has 1 aromatic carbocycles. The van der Waals surface area contributed by atoms with E-state index in [0.717, 1.165) is 18.0 Å². The molecule has 0 N–H and O–H groups in total. The number of fused-ring (bicyclic) bond motifs is 1. The van der Waals surface area contributed by atoms with E-state index in [1.165, 1.54) is 36.9 Å². The molecule has 3 heteroatoms. The fraction of sp³-hybridized carbons (Fsp3) is 0.529. The first-order valence-corrected chi connectivity index (χ1v) is 7.45. The molecule has 2 bridgehead atoms. The predicted octanol–water partition coefficient (Wildman–Crippen LogP) is 2.88. The second-order valence-electron chi connectivity index (χ2n) is 6.11. The fourth-order valence-electron chi connectivity index (χ4n) is 4.45. The molecule has 3 atom stereocenters. The smallest absolute Gasteiger partial charge is 0.127 e. The highest BCUT2D eigenvalue weighted by Gasteiger charge is 2.52. The fourth-order valence-corrected chi connectivity index (χ4v) is 4.45. The van der Waals surface area contributed by atoms with Crippen LogP contribution in [0, 0.1) is 0 Å². The molecule has 2 heterocycles. The Morgan fingerprint density at radius 1 is 1.25 bits per heavy atom. The molecule has 1 unspecified atom stereocenters. The van der Waals surface area contributed by atoms with Gasteiger partial charge in [-0.25, -0.2) is 0 Å². The molecule has 4 rings (SSSR count). The maximum Gasteiger partial charge on any atom is 0.127 e. The third-order valence-electron chi connectivity index (χ3n) is 5.37. The Hall–Kier alpha value is -1.48. The number of ether oxygens (including phenoxy) is 2. The molecule has 3 aliphatic rings. The quantitative estimate of drug-likeness (QED) is 0.772. The van der Waals surface area contributed by atoms with Gasteiger partial charge in [0.2, 0.25) is 0 Å². The Bertz CT molecular complexity index is 581. The second kappa shape index (κ2) is 4.26. The molecule has 0 amide bonds. The van der Waals surface area contributed by atoms with Crippen molar-refractivity contribution in [2.45, 2.75) is 37.3 Å². The molecular weight excluding hydrogens is 250 g/mol. The van der Waals surface area contributed by atoms with Crippen LogP contribution in [0.15, 0.2) is 24.3 Å². The molecule has 1 saturated heterocycles. The summed E-state index contributed by atoms with van der Waals surface area (Å²) in [5.74, 6) is 1.89. The van der Waals surface area contributed by atoms with E-state index in [1.54, 1.807) is 14.2 Å². The standard InChI is InChI=1S/C17H21NO2/c1-19-12-9-14-13(15(10-12)20-2)11-18-8-7-17(14)6-4-3-5-16(17)18/h4,6,9-10,16H,3,5,7-8,11H2,1-2H3/t16-,17-/m1/s1. The number of rotatable bonds is 2. The van der Waals surface area contributed by atoms with Gasteiger partial charge < -0.3 is 9.47 Å². The maximum absolute atomic E-state index is 5.63. The second-order valence-corrected chi connectivity index (χ2v) is 6.11. The normalized spacial score (nSPS) is 33.5. The number of hydrogen-bond acceptors (Lipinski definition) is 3. The van der Waals surface area contributed by atoms with E-state index in [2.05, 4.69) is 23.1 Å². The topological polar surface area (TPSA) is 21.7 Å². The number of allylic oxidation sites excluding steroid dienone is 1. The molecule has 0 saturated carbocycles. The molecule has 3 nitrogen and oxygen atoms in total. The molecule has 1 aromatic rings. The highest BCUT2D eigenvalue weighted by atomic mass is 16.5. The molecule has 0 radical (unpaired) electrons. The predicted molar refractivity (Wildman–Crippen MR) is 78.4 cm³/mol. The monoisotopic (exact) mass is 271 g/mol. The zero-order chi connectivity index (χ0) is 13.7. The van der Waals surface area contributed by atoms with Gasteiger partial charge >= 0.3 is 0 Å². The van der Waals surface area contributed by atoms with Crippen molar-refractivity contribution in [3.05, 3.63) is 35.4 Å². The van der Waals surface area contributed by atoms with Gasteiger partial charge in [0.1, 0.15) is 11.5 Å². The van der Waals surface area contributed by atoms with Crippen molar-refractivity contribution in [2.24, 2.45) is 0 Å². The average Bonchev–Trinajstić information content (AvgIpc) is 2.79. The van der Waals surface area contributed by atoms with Crippen LogP contribution in [0.1, 0.15) is 30.4 Å². The van der Waals surface area contributed by atoms with Crippen molar-refractivity contribution in [1.29, 1.82) is 0 Å². The van der Waals surface area contributed by atoms with Gasteiger partial charge in [0.15, 0.2) is 0 Å². The van der Waals surface area contributed by atoms with E-state index in [9.17, 15) is 0 Å². The van der Waals surface area contributed by atoms with Crippen LogP contribution in [0.5, 0.6) is 11.5 Å². The van der Waals surface area contributed by atoms with Crippen LogP contribution in [0.3, 0.4) is 0 Å². The highest BCUT2D eigenvalue weighted by Crippen LogP contribution is 2.53. The lowest BCUT2D eigenvalue weighted by molar-refractivity contribution is 0.179. The third-order valence-corrected chi connectivity index (χ3v) is 5.37. The van der Waals surface area contributed by atoms with Crippen LogP contribution in [0.4, 0.5) is 0 Å². The number of hydrogen-bond donors (Lipinski definition) is 0. The molecule has 2 aliphatic heterocycles. The largest absolute Gasteiger partial charge is 0.497 e. The van der Waals surface area contributed by atoms with Crippen molar-refractivity contribution in [1.82, 2.24) is 4.90 Å². The first kappa shape index (κ1) is 12.3. The maximum atomic E-state index is 5.63. The van der Waals surface area contributed by atoms with E-state index in [0.29, 0.717) is 6.04 Å². The van der Waals surface area contributed by atoms with Gasteiger partial charge in [-0.1, -0.05) is 12.2 Å². The molecule has 106 valence electrons. The van der Waals surface area contributed by atoms with Gasteiger partial charge in [-0.15, -0.1) is 0 Å². The van der Waals surface area contributed by atoms with Gasteiger partial charge in [-0.3, -0.25) is 4.90 Å². The third kappa shape index (κ3) is 1.44. The molecular formula is C17H21NO2.